The minimum Gasteiger partial charge on any atom is -0.314 e. The van der Waals surface area contributed by atoms with Crippen LogP contribution in [0.3, 0.4) is 0 Å². The SMILES string of the molecule is CCCNC(CC1CCC1)C1CC2CC2C1. The van der Waals surface area contributed by atoms with E-state index in [-0.39, 0.29) is 0 Å². The van der Waals surface area contributed by atoms with Gasteiger partial charge in [-0.3, -0.25) is 0 Å². The van der Waals surface area contributed by atoms with Gasteiger partial charge in [0.1, 0.15) is 0 Å². The van der Waals surface area contributed by atoms with Gasteiger partial charge in [-0.15, -0.1) is 0 Å². The van der Waals surface area contributed by atoms with Gasteiger partial charge in [0.15, 0.2) is 0 Å². The van der Waals surface area contributed by atoms with E-state index in [1.54, 1.807) is 19.3 Å². The summed E-state index contributed by atoms with van der Waals surface area (Å²) in [4.78, 5) is 0. The van der Waals surface area contributed by atoms with E-state index in [1.165, 1.54) is 38.6 Å². The van der Waals surface area contributed by atoms with Crippen LogP contribution in [0.1, 0.15) is 58.3 Å². The summed E-state index contributed by atoms with van der Waals surface area (Å²) in [7, 11) is 0. The van der Waals surface area contributed by atoms with Gasteiger partial charge in [0.25, 0.3) is 0 Å². The Labute approximate surface area is 100 Å². The fraction of sp³-hybridized carbons (Fsp3) is 1.00. The molecule has 92 valence electrons. The first-order valence-electron chi connectivity index (χ1n) is 7.60. The second-order valence-electron chi connectivity index (χ2n) is 6.58. The highest BCUT2D eigenvalue weighted by Crippen LogP contribution is 2.55. The van der Waals surface area contributed by atoms with Crippen molar-refractivity contribution < 1.29 is 0 Å². The summed E-state index contributed by atoms with van der Waals surface area (Å²) in [5, 5.41) is 3.85. The van der Waals surface area contributed by atoms with Crippen LogP contribution in [0.4, 0.5) is 0 Å². The van der Waals surface area contributed by atoms with E-state index >= 15 is 0 Å². The summed E-state index contributed by atoms with van der Waals surface area (Å²) in [6, 6.07) is 0.873. The molecule has 3 rings (SSSR count). The Balaban J connectivity index is 1.50. The van der Waals surface area contributed by atoms with Gasteiger partial charge in [-0.1, -0.05) is 26.2 Å². The van der Waals surface area contributed by atoms with Gasteiger partial charge in [-0.2, -0.15) is 0 Å². The van der Waals surface area contributed by atoms with E-state index < -0.39 is 0 Å². The van der Waals surface area contributed by atoms with Gasteiger partial charge in [-0.05, 0) is 62.3 Å². The quantitative estimate of drug-likeness (QED) is 0.723. The van der Waals surface area contributed by atoms with Crippen LogP contribution in [0.2, 0.25) is 0 Å². The molecule has 1 heteroatoms. The third-order valence-corrected chi connectivity index (χ3v) is 5.32. The first-order valence-corrected chi connectivity index (χ1v) is 7.60. The highest BCUT2D eigenvalue weighted by Gasteiger charge is 2.47. The van der Waals surface area contributed by atoms with Crippen molar-refractivity contribution in [3.05, 3.63) is 0 Å². The molecule has 3 atom stereocenters. The molecule has 0 heterocycles. The van der Waals surface area contributed by atoms with Crippen LogP contribution in [0.5, 0.6) is 0 Å². The first-order chi connectivity index (χ1) is 7.86. The number of rotatable bonds is 6. The van der Waals surface area contributed by atoms with E-state index in [0.29, 0.717) is 0 Å². The van der Waals surface area contributed by atoms with Gasteiger partial charge in [0.05, 0.1) is 0 Å². The molecule has 3 unspecified atom stereocenters. The highest BCUT2D eigenvalue weighted by molar-refractivity contribution is 4.99. The Morgan fingerprint density at radius 1 is 1.12 bits per heavy atom. The average Bonchev–Trinajstić information content (AvgIpc) is 2.84. The normalized spacial score (nSPS) is 39.2. The van der Waals surface area contributed by atoms with Crippen molar-refractivity contribution in [3.8, 4) is 0 Å². The summed E-state index contributed by atoms with van der Waals surface area (Å²) in [6.45, 7) is 3.53. The molecule has 3 aliphatic rings. The number of hydrogen-bond donors (Lipinski definition) is 1. The molecule has 3 aliphatic carbocycles. The summed E-state index contributed by atoms with van der Waals surface area (Å²) in [5.74, 6) is 4.41. The first kappa shape index (κ1) is 11.1. The van der Waals surface area contributed by atoms with Crippen molar-refractivity contribution in [2.45, 2.75) is 64.3 Å². The van der Waals surface area contributed by atoms with Crippen LogP contribution in [0, 0.1) is 23.7 Å². The lowest BCUT2D eigenvalue weighted by molar-refractivity contribution is 0.216. The highest BCUT2D eigenvalue weighted by atomic mass is 14.9. The number of nitrogens with one attached hydrogen (secondary N) is 1. The van der Waals surface area contributed by atoms with Crippen LogP contribution in [0.25, 0.3) is 0 Å². The van der Waals surface area contributed by atoms with Crippen LogP contribution < -0.4 is 5.32 Å². The lowest BCUT2D eigenvalue weighted by atomic mass is 9.77. The van der Waals surface area contributed by atoms with E-state index in [9.17, 15) is 0 Å². The summed E-state index contributed by atoms with van der Waals surface area (Å²) in [6.07, 6.45) is 12.0. The van der Waals surface area contributed by atoms with Gasteiger partial charge in [0, 0.05) is 6.04 Å². The molecule has 0 spiro atoms. The van der Waals surface area contributed by atoms with Crippen molar-refractivity contribution in [3.63, 3.8) is 0 Å². The molecule has 0 aromatic carbocycles. The molecule has 3 saturated carbocycles. The third kappa shape index (κ3) is 2.30. The zero-order chi connectivity index (χ0) is 11.0. The molecule has 0 amide bonds. The fourth-order valence-electron chi connectivity index (χ4n) is 3.95. The van der Waals surface area contributed by atoms with Crippen molar-refractivity contribution in [2.75, 3.05) is 6.54 Å². The molecule has 0 saturated heterocycles. The minimum absolute atomic E-state index is 0.873. The molecule has 3 fully saturated rings. The second-order valence-corrected chi connectivity index (χ2v) is 6.58. The van der Waals surface area contributed by atoms with Crippen LogP contribution in [-0.4, -0.2) is 12.6 Å². The maximum Gasteiger partial charge on any atom is 0.00981 e. The lowest BCUT2D eigenvalue weighted by Gasteiger charge is -2.33. The van der Waals surface area contributed by atoms with Gasteiger partial charge >= 0.3 is 0 Å². The molecule has 16 heavy (non-hydrogen) atoms. The minimum atomic E-state index is 0.873. The molecule has 0 bridgehead atoms. The standard InChI is InChI=1S/C15H27N/c1-2-6-16-15(7-11-4-3-5-11)14-9-12-8-13(12)10-14/h11-16H,2-10H2,1H3. The Hall–Kier alpha value is -0.0400. The predicted octanol–water partition coefficient (Wildman–Crippen LogP) is 3.59. The van der Waals surface area contributed by atoms with E-state index in [4.69, 9.17) is 0 Å². The lowest BCUT2D eigenvalue weighted by Crippen LogP contribution is -2.39. The van der Waals surface area contributed by atoms with Crippen molar-refractivity contribution >= 4 is 0 Å². The average molecular weight is 221 g/mol. The maximum absolute atomic E-state index is 3.85. The van der Waals surface area contributed by atoms with Crippen LogP contribution in [0.15, 0.2) is 0 Å². The third-order valence-electron chi connectivity index (χ3n) is 5.32. The smallest absolute Gasteiger partial charge is 0.00981 e. The second kappa shape index (κ2) is 4.68. The van der Waals surface area contributed by atoms with E-state index in [2.05, 4.69) is 12.2 Å². The zero-order valence-electron chi connectivity index (χ0n) is 10.8. The Morgan fingerprint density at radius 2 is 1.88 bits per heavy atom. The van der Waals surface area contributed by atoms with Crippen molar-refractivity contribution in [1.82, 2.24) is 5.32 Å². The summed E-state index contributed by atoms with van der Waals surface area (Å²) in [5.41, 5.74) is 0. The van der Waals surface area contributed by atoms with Gasteiger partial charge < -0.3 is 5.32 Å². The molecule has 0 aliphatic heterocycles. The maximum atomic E-state index is 3.85. The van der Waals surface area contributed by atoms with E-state index in [0.717, 1.165) is 29.7 Å². The number of fused-ring (bicyclic) bond motifs is 1. The monoisotopic (exact) mass is 221 g/mol. The molecule has 1 nitrogen and oxygen atoms in total. The zero-order valence-corrected chi connectivity index (χ0v) is 10.8. The summed E-state index contributed by atoms with van der Waals surface area (Å²) < 4.78 is 0. The molecule has 0 radical (unpaired) electrons. The molecular weight excluding hydrogens is 194 g/mol. The Morgan fingerprint density at radius 3 is 2.44 bits per heavy atom. The van der Waals surface area contributed by atoms with Gasteiger partial charge in [-0.25, -0.2) is 0 Å². The number of hydrogen-bond acceptors (Lipinski definition) is 1. The van der Waals surface area contributed by atoms with Crippen molar-refractivity contribution in [1.29, 1.82) is 0 Å². The van der Waals surface area contributed by atoms with Crippen LogP contribution in [-0.2, 0) is 0 Å². The topological polar surface area (TPSA) is 12.0 Å². The Bertz CT molecular complexity index is 224. The largest absolute Gasteiger partial charge is 0.314 e. The Kier molecular flexibility index (Phi) is 3.24. The van der Waals surface area contributed by atoms with Crippen LogP contribution >= 0.6 is 0 Å². The molecule has 0 aromatic heterocycles. The van der Waals surface area contributed by atoms with E-state index in [1.807, 2.05) is 0 Å². The molecule has 0 aromatic rings. The predicted molar refractivity (Wildman–Crippen MR) is 68.4 cm³/mol. The summed E-state index contributed by atoms with van der Waals surface area (Å²) >= 11 is 0. The van der Waals surface area contributed by atoms with Gasteiger partial charge in [0.2, 0.25) is 0 Å². The van der Waals surface area contributed by atoms with Crippen molar-refractivity contribution in [2.24, 2.45) is 23.7 Å². The molecular formula is C15H27N. The molecule has 1 N–H and O–H groups in total. The fourth-order valence-corrected chi connectivity index (χ4v) is 3.95.